The molecule has 84 valence electrons. The zero-order valence-electron chi connectivity index (χ0n) is 9.99. The average molecular weight is 200 g/mol. The van der Waals surface area contributed by atoms with Crippen LogP contribution in [0, 0.1) is 0 Å². The molecule has 0 aliphatic carbocycles. The van der Waals surface area contributed by atoms with Gasteiger partial charge in [0.05, 0.1) is 12.7 Å². The monoisotopic (exact) mass is 200 g/mol. The van der Waals surface area contributed by atoms with Crippen molar-refractivity contribution in [2.75, 3.05) is 40.3 Å². The van der Waals surface area contributed by atoms with E-state index in [2.05, 4.69) is 23.9 Å². The number of hydrogen-bond acceptors (Lipinski definition) is 3. The Morgan fingerprint density at radius 1 is 1.14 bits per heavy atom. The maximum atomic E-state index is 5.73. The SMILES string of the molecule is CC.CN1CCC2OCCN(C)C2C1. The van der Waals surface area contributed by atoms with Crippen LogP contribution in [0.25, 0.3) is 0 Å². The van der Waals surface area contributed by atoms with Gasteiger partial charge in [0, 0.05) is 25.7 Å². The fraction of sp³-hybridized carbons (Fsp3) is 1.00. The molecule has 3 heteroatoms. The van der Waals surface area contributed by atoms with Crippen LogP contribution in [0.3, 0.4) is 0 Å². The van der Waals surface area contributed by atoms with Crippen LogP contribution in [0.5, 0.6) is 0 Å². The van der Waals surface area contributed by atoms with Gasteiger partial charge in [-0.25, -0.2) is 0 Å². The standard InChI is InChI=1S/C9H18N2O.C2H6/c1-10-4-3-9-8(7-10)11(2)5-6-12-9;1-2/h8-9H,3-7H2,1-2H3;1-2H3. The normalized spacial score (nSPS) is 34.3. The number of ether oxygens (including phenoxy) is 1. The average Bonchev–Trinajstić information content (AvgIpc) is 2.22. The lowest BCUT2D eigenvalue weighted by atomic mass is 10.00. The third kappa shape index (κ3) is 2.69. The summed E-state index contributed by atoms with van der Waals surface area (Å²) in [5, 5.41) is 0. The number of rotatable bonds is 0. The summed E-state index contributed by atoms with van der Waals surface area (Å²) in [5.41, 5.74) is 0. The van der Waals surface area contributed by atoms with Gasteiger partial charge in [-0.1, -0.05) is 13.8 Å². The second-order valence-corrected chi connectivity index (χ2v) is 4.01. The van der Waals surface area contributed by atoms with E-state index in [1.807, 2.05) is 13.8 Å². The summed E-state index contributed by atoms with van der Waals surface area (Å²) in [6, 6.07) is 0.637. The molecule has 0 aromatic carbocycles. The van der Waals surface area contributed by atoms with Gasteiger partial charge in [0.1, 0.15) is 0 Å². The van der Waals surface area contributed by atoms with Crippen LogP contribution in [0.2, 0.25) is 0 Å². The van der Waals surface area contributed by atoms with Crippen LogP contribution in [0.15, 0.2) is 0 Å². The highest BCUT2D eigenvalue weighted by Crippen LogP contribution is 2.20. The van der Waals surface area contributed by atoms with Gasteiger partial charge in [0.25, 0.3) is 0 Å². The minimum absolute atomic E-state index is 0.500. The van der Waals surface area contributed by atoms with E-state index in [0.29, 0.717) is 12.1 Å². The van der Waals surface area contributed by atoms with Crippen LogP contribution in [-0.2, 0) is 4.74 Å². The molecule has 2 heterocycles. The van der Waals surface area contributed by atoms with Crippen molar-refractivity contribution < 1.29 is 4.74 Å². The van der Waals surface area contributed by atoms with Crippen LogP contribution in [0.4, 0.5) is 0 Å². The molecule has 0 amide bonds. The largest absolute Gasteiger partial charge is 0.375 e. The van der Waals surface area contributed by atoms with Crippen LogP contribution < -0.4 is 0 Å². The van der Waals surface area contributed by atoms with Crippen molar-refractivity contribution in [1.82, 2.24) is 9.80 Å². The second-order valence-electron chi connectivity index (χ2n) is 4.01. The fourth-order valence-corrected chi connectivity index (χ4v) is 2.20. The number of fused-ring (bicyclic) bond motifs is 1. The molecule has 0 saturated carbocycles. The first-order valence-corrected chi connectivity index (χ1v) is 5.78. The summed E-state index contributed by atoms with van der Waals surface area (Å²) in [6.45, 7) is 8.37. The summed E-state index contributed by atoms with van der Waals surface area (Å²) in [6.07, 6.45) is 1.70. The highest BCUT2D eigenvalue weighted by atomic mass is 16.5. The number of piperidine rings is 1. The Morgan fingerprint density at radius 2 is 1.86 bits per heavy atom. The molecule has 2 rings (SSSR count). The van der Waals surface area contributed by atoms with Gasteiger partial charge in [-0.15, -0.1) is 0 Å². The predicted molar refractivity (Wildman–Crippen MR) is 59.6 cm³/mol. The Labute approximate surface area is 88.0 Å². The van der Waals surface area contributed by atoms with E-state index in [1.54, 1.807) is 0 Å². The minimum atomic E-state index is 0.500. The van der Waals surface area contributed by atoms with Crippen molar-refractivity contribution >= 4 is 0 Å². The number of nitrogens with zero attached hydrogens (tertiary/aromatic N) is 2. The third-order valence-corrected chi connectivity index (χ3v) is 3.07. The van der Waals surface area contributed by atoms with Crippen molar-refractivity contribution in [1.29, 1.82) is 0 Å². The highest BCUT2D eigenvalue weighted by Gasteiger charge is 2.33. The topological polar surface area (TPSA) is 15.7 Å². The summed E-state index contributed by atoms with van der Waals surface area (Å²) in [4.78, 5) is 4.83. The van der Waals surface area contributed by atoms with Crippen LogP contribution in [0.1, 0.15) is 20.3 Å². The molecule has 2 unspecified atom stereocenters. The van der Waals surface area contributed by atoms with E-state index in [9.17, 15) is 0 Å². The molecule has 2 aliphatic heterocycles. The lowest BCUT2D eigenvalue weighted by Crippen LogP contribution is -2.57. The third-order valence-electron chi connectivity index (χ3n) is 3.07. The lowest BCUT2D eigenvalue weighted by molar-refractivity contribution is -0.0911. The lowest BCUT2D eigenvalue weighted by Gasteiger charge is -2.44. The van der Waals surface area contributed by atoms with Crippen molar-refractivity contribution in [2.45, 2.75) is 32.4 Å². The molecule has 0 N–H and O–H groups in total. The van der Waals surface area contributed by atoms with Gasteiger partial charge in [0.15, 0.2) is 0 Å². The number of likely N-dealkylation sites (tertiary alicyclic amines) is 1. The van der Waals surface area contributed by atoms with Gasteiger partial charge in [-0.05, 0) is 20.5 Å². The molecule has 0 spiro atoms. The summed E-state index contributed by atoms with van der Waals surface area (Å²) < 4.78 is 5.73. The Balaban J connectivity index is 0.000000461. The Morgan fingerprint density at radius 3 is 2.57 bits per heavy atom. The zero-order valence-corrected chi connectivity index (χ0v) is 9.99. The van der Waals surface area contributed by atoms with Crippen molar-refractivity contribution in [3.05, 3.63) is 0 Å². The van der Waals surface area contributed by atoms with Crippen LogP contribution in [-0.4, -0.2) is 62.3 Å². The van der Waals surface area contributed by atoms with E-state index in [-0.39, 0.29) is 0 Å². The minimum Gasteiger partial charge on any atom is -0.375 e. The Hall–Kier alpha value is -0.120. The van der Waals surface area contributed by atoms with Gasteiger partial charge in [0.2, 0.25) is 0 Å². The van der Waals surface area contributed by atoms with Crippen molar-refractivity contribution in [2.24, 2.45) is 0 Å². The Bertz CT molecular complexity index is 163. The molecule has 0 aromatic rings. The molecule has 2 aliphatic rings. The first-order valence-electron chi connectivity index (χ1n) is 5.78. The fourth-order valence-electron chi connectivity index (χ4n) is 2.20. The molecule has 0 aromatic heterocycles. The van der Waals surface area contributed by atoms with Crippen molar-refractivity contribution in [3.63, 3.8) is 0 Å². The summed E-state index contributed by atoms with van der Waals surface area (Å²) in [5.74, 6) is 0. The summed E-state index contributed by atoms with van der Waals surface area (Å²) >= 11 is 0. The maximum absolute atomic E-state index is 5.73. The van der Waals surface area contributed by atoms with Gasteiger partial charge in [-0.2, -0.15) is 0 Å². The highest BCUT2D eigenvalue weighted by molar-refractivity contribution is 4.88. The maximum Gasteiger partial charge on any atom is 0.0755 e. The Kier molecular flexibility index (Phi) is 4.85. The molecule has 2 fully saturated rings. The van der Waals surface area contributed by atoms with Gasteiger partial charge >= 0.3 is 0 Å². The second kappa shape index (κ2) is 5.69. The molecule has 3 nitrogen and oxygen atoms in total. The molecule has 14 heavy (non-hydrogen) atoms. The summed E-state index contributed by atoms with van der Waals surface area (Å²) in [7, 11) is 4.40. The smallest absolute Gasteiger partial charge is 0.0755 e. The first kappa shape index (κ1) is 12.0. The molecular weight excluding hydrogens is 176 g/mol. The van der Waals surface area contributed by atoms with Gasteiger partial charge in [-0.3, -0.25) is 4.90 Å². The molecule has 0 bridgehead atoms. The molecule has 2 saturated heterocycles. The predicted octanol–water partition coefficient (Wildman–Crippen LogP) is 1.05. The van der Waals surface area contributed by atoms with Crippen molar-refractivity contribution in [3.8, 4) is 0 Å². The van der Waals surface area contributed by atoms with E-state index < -0.39 is 0 Å². The number of hydrogen-bond donors (Lipinski definition) is 0. The first-order chi connectivity index (χ1) is 6.77. The van der Waals surface area contributed by atoms with Crippen LogP contribution >= 0.6 is 0 Å². The van der Waals surface area contributed by atoms with Gasteiger partial charge < -0.3 is 9.64 Å². The number of morpholine rings is 1. The number of likely N-dealkylation sites (N-methyl/N-ethyl adjacent to an activating group) is 2. The molecule has 2 atom stereocenters. The quantitative estimate of drug-likeness (QED) is 0.581. The van der Waals surface area contributed by atoms with E-state index in [1.165, 1.54) is 19.5 Å². The molecular formula is C11H24N2O. The van der Waals surface area contributed by atoms with E-state index in [0.717, 1.165) is 13.2 Å². The zero-order chi connectivity index (χ0) is 10.6. The van der Waals surface area contributed by atoms with E-state index >= 15 is 0 Å². The molecule has 0 radical (unpaired) electrons. The van der Waals surface area contributed by atoms with E-state index in [4.69, 9.17) is 4.74 Å².